The summed E-state index contributed by atoms with van der Waals surface area (Å²) >= 11 is 0. The summed E-state index contributed by atoms with van der Waals surface area (Å²) in [4.78, 5) is 2.35. The third-order valence-corrected chi connectivity index (χ3v) is 4.79. The minimum atomic E-state index is -3.41. The number of hydrogen-bond donors (Lipinski definition) is 0. The van der Waals surface area contributed by atoms with E-state index in [0.717, 1.165) is 22.0 Å². The second-order valence-corrected chi connectivity index (χ2v) is 7.03. The Morgan fingerprint density at radius 1 is 1.00 bits per heavy atom. The van der Waals surface area contributed by atoms with Crippen LogP contribution in [0.25, 0.3) is 10.8 Å². The largest absolute Gasteiger partial charge is 0.377 e. The maximum Gasteiger partial charge on any atom is 0.200 e. The van der Waals surface area contributed by atoms with Gasteiger partial charge in [-0.1, -0.05) is 29.8 Å². The molecule has 0 N–H and O–H groups in total. The summed E-state index contributed by atoms with van der Waals surface area (Å²) in [5.41, 5.74) is 1.78. The van der Waals surface area contributed by atoms with Crippen LogP contribution in [0.1, 0.15) is 13.8 Å². The molecule has 3 nitrogen and oxygen atoms in total. The standard InChI is InChI=1S/C16H19NO2S/c1-12(2)11-20(18,19)16-10-6-7-13-14(16)8-5-9-15(13)17(3)4/h5-11H,1-4H3. The number of hydrogen-bond acceptors (Lipinski definition) is 3. The molecule has 0 aliphatic heterocycles. The summed E-state index contributed by atoms with van der Waals surface area (Å²) < 4.78 is 24.9. The van der Waals surface area contributed by atoms with E-state index in [4.69, 9.17) is 0 Å². The molecule has 0 saturated carbocycles. The Labute approximate surface area is 120 Å². The van der Waals surface area contributed by atoms with Gasteiger partial charge in [0.15, 0.2) is 9.84 Å². The van der Waals surface area contributed by atoms with Crippen LogP contribution < -0.4 is 4.90 Å². The highest BCUT2D eigenvalue weighted by Crippen LogP contribution is 2.31. The van der Waals surface area contributed by atoms with Crippen molar-refractivity contribution in [3.63, 3.8) is 0 Å². The molecule has 2 aromatic rings. The van der Waals surface area contributed by atoms with E-state index in [1.165, 1.54) is 5.41 Å². The number of sulfone groups is 1. The fourth-order valence-corrected chi connectivity index (χ4v) is 3.78. The van der Waals surface area contributed by atoms with Gasteiger partial charge in [-0.05, 0) is 26.0 Å². The van der Waals surface area contributed by atoms with Crippen LogP contribution in [0.5, 0.6) is 0 Å². The molecule has 0 heterocycles. The predicted octanol–water partition coefficient (Wildman–Crippen LogP) is 3.60. The summed E-state index contributed by atoms with van der Waals surface area (Å²) in [6, 6.07) is 11.1. The smallest absolute Gasteiger partial charge is 0.200 e. The molecule has 0 amide bonds. The van der Waals surface area contributed by atoms with Crippen molar-refractivity contribution in [2.45, 2.75) is 18.7 Å². The van der Waals surface area contributed by atoms with Crippen LogP contribution in [0.15, 0.2) is 52.3 Å². The molecule has 0 aliphatic carbocycles. The molecule has 0 atom stereocenters. The summed E-state index contributed by atoms with van der Waals surface area (Å²) in [7, 11) is 0.492. The molecular formula is C16H19NO2S. The lowest BCUT2D eigenvalue weighted by atomic mass is 10.1. The second kappa shape index (κ2) is 5.29. The van der Waals surface area contributed by atoms with Crippen LogP contribution >= 0.6 is 0 Å². The minimum Gasteiger partial charge on any atom is -0.377 e. The van der Waals surface area contributed by atoms with Crippen molar-refractivity contribution in [2.75, 3.05) is 19.0 Å². The van der Waals surface area contributed by atoms with Crippen molar-refractivity contribution in [2.24, 2.45) is 0 Å². The first-order valence-electron chi connectivity index (χ1n) is 6.42. The number of fused-ring (bicyclic) bond motifs is 1. The highest BCUT2D eigenvalue weighted by Gasteiger charge is 2.16. The lowest BCUT2D eigenvalue weighted by molar-refractivity contribution is 0.605. The van der Waals surface area contributed by atoms with E-state index in [1.54, 1.807) is 26.0 Å². The predicted molar refractivity (Wildman–Crippen MR) is 84.9 cm³/mol. The molecule has 0 saturated heterocycles. The van der Waals surface area contributed by atoms with E-state index in [9.17, 15) is 8.42 Å². The Morgan fingerprint density at radius 2 is 1.60 bits per heavy atom. The van der Waals surface area contributed by atoms with Crippen LogP contribution in [-0.4, -0.2) is 22.5 Å². The molecule has 0 aliphatic rings. The van der Waals surface area contributed by atoms with Gasteiger partial charge in [-0.2, -0.15) is 0 Å². The fraction of sp³-hybridized carbons (Fsp3) is 0.250. The maximum atomic E-state index is 12.4. The lowest BCUT2D eigenvalue weighted by Crippen LogP contribution is -2.09. The quantitative estimate of drug-likeness (QED) is 0.866. The molecule has 0 spiro atoms. The Bertz CT molecular complexity index is 770. The maximum absolute atomic E-state index is 12.4. The second-order valence-electron chi connectivity index (χ2n) is 5.26. The number of allylic oxidation sites excluding steroid dienone is 1. The van der Waals surface area contributed by atoms with Crippen LogP contribution in [0, 0.1) is 0 Å². The van der Waals surface area contributed by atoms with Crippen molar-refractivity contribution in [1.82, 2.24) is 0 Å². The van der Waals surface area contributed by atoms with Gasteiger partial charge in [0.1, 0.15) is 0 Å². The van der Waals surface area contributed by atoms with E-state index in [1.807, 2.05) is 43.3 Å². The number of benzene rings is 2. The molecule has 4 heteroatoms. The molecule has 0 bridgehead atoms. The topological polar surface area (TPSA) is 37.4 Å². The summed E-state index contributed by atoms with van der Waals surface area (Å²) in [6.45, 7) is 3.57. The molecule has 106 valence electrons. The monoisotopic (exact) mass is 289 g/mol. The third-order valence-electron chi connectivity index (χ3n) is 3.04. The summed E-state index contributed by atoms with van der Waals surface area (Å²) in [6.07, 6.45) is 0. The molecule has 2 aromatic carbocycles. The van der Waals surface area contributed by atoms with E-state index in [0.29, 0.717) is 4.90 Å². The average Bonchev–Trinajstić information content (AvgIpc) is 2.35. The van der Waals surface area contributed by atoms with Gasteiger partial charge < -0.3 is 4.90 Å². The Kier molecular flexibility index (Phi) is 3.86. The third kappa shape index (κ3) is 2.70. The molecular weight excluding hydrogens is 270 g/mol. The first-order chi connectivity index (χ1) is 9.33. The van der Waals surface area contributed by atoms with Crippen molar-refractivity contribution in [3.8, 4) is 0 Å². The van der Waals surface area contributed by atoms with Gasteiger partial charge in [0, 0.05) is 36.0 Å². The number of nitrogens with zero attached hydrogens (tertiary/aromatic N) is 1. The van der Waals surface area contributed by atoms with Gasteiger partial charge in [0.2, 0.25) is 0 Å². The van der Waals surface area contributed by atoms with Crippen LogP contribution in [-0.2, 0) is 9.84 Å². The first-order valence-corrected chi connectivity index (χ1v) is 7.96. The summed E-state index contributed by atoms with van der Waals surface area (Å²) in [5.74, 6) is 0. The highest BCUT2D eigenvalue weighted by atomic mass is 32.2. The van der Waals surface area contributed by atoms with E-state index >= 15 is 0 Å². The van der Waals surface area contributed by atoms with Gasteiger partial charge >= 0.3 is 0 Å². The van der Waals surface area contributed by atoms with Gasteiger partial charge in [-0.3, -0.25) is 0 Å². The van der Waals surface area contributed by atoms with Crippen LogP contribution in [0.4, 0.5) is 5.69 Å². The number of rotatable bonds is 3. The zero-order valence-corrected chi connectivity index (χ0v) is 13.0. The molecule has 0 aromatic heterocycles. The lowest BCUT2D eigenvalue weighted by Gasteiger charge is -2.16. The highest BCUT2D eigenvalue weighted by molar-refractivity contribution is 7.94. The zero-order valence-electron chi connectivity index (χ0n) is 12.2. The zero-order chi connectivity index (χ0) is 14.9. The van der Waals surface area contributed by atoms with E-state index < -0.39 is 9.84 Å². The van der Waals surface area contributed by atoms with Gasteiger partial charge in [-0.15, -0.1) is 0 Å². The number of anilines is 1. The van der Waals surface area contributed by atoms with Crippen molar-refractivity contribution >= 4 is 26.3 Å². The average molecular weight is 289 g/mol. The molecule has 0 fully saturated rings. The van der Waals surface area contributed by atoms with Crippen LogP contribution in [0.3, 0.4) is 0 Å². The van der Waals surface area contributed by atoms with Crippen molar-refractivity contribution in [1.29, 1.82) is 0 Å². The van der Waals surface area contributed by atoms with E-state index in [-0.39, 0.29) is 0 Å². The normalized spacial score (nSPS) is 11.4. The van der Waals surface area contributed by atoms with Gasteiger partial charge in [-0.25, -0.2) is 8.42 Å². The first kappa shape index (κ1) is 14.6. The van der Waals surface area contributed by atoms with E-state index in [2.05, 4.69) is 0 Å². The van der Waals surface area contributed by atoms with Crippen LogP contribution in [0.2, 0.25) is 0 Å². The van der Waals surface area contributed by atoms with Crippen molar-refractivity contribution < 1.29 is 8.42 Å². The van der Waals surface area contributed by atoms with Gasteiger partial charge in [0.25, 0.3) is 0 Å². The fourth-order valence-electron chi connectivity index (χ4n) is 2.28. The minimum absolute atomic E-state index is 0.361. The SMILES string of the molecule is CC(C)=CS(=O)(=O)c1cccc2c(N(C)C)cccc12. The Balaban J connectivity index is 2.81. The molecule has 0 radical (unpaired) electrons. The molecule has 2 rings (SSSR count). The molecule has 20 heavy (non-hydrogen) atoms. The van der Waals surface area contributed by atoms with Gasteiger partial charge in [0.05, 0.1) is 4.90 Å². The Morgan fingerprint density at radius 3 is 2.20 bits per heavy atom. The Hall–Kier alpha value is -1.81. The summed E-state index contributed by atoms with van der Waals surface area (Å²) in [5, 5.41) is 3.03. The van der Waals surface area contributed by atoms with Crippen molar-refractivity contribution in [3.05, 3.63) is 47.4 Å². The molecule has 0 unspecified atom stereocenters.